The molecule has 0 N–H and O–H groups in total. The lowest BCUT2D eigenvalue weighted by Crippen LogP contribution is -2.30. The number of hydrogen-bond acceptors (Lipinski definition) is 1. The molecule has 1 rings (SSSR count). The van der Waals surface area contributed by atoms with Crippen molar-refractivity contribution in [2.75, 3.05) is 11.4 Å². The van der Waals surface area contributed by atoms with Crippen LogP contribution in [0.3, 0.4) is 0 Å². The minimum atomic E-state index is 0.0422. The molecule has 0 bridgehead atoms. The molecule has 0 unspecified atom stereocenters. The second kappa shape index (κ2) is 6.04. The van der Waals surface area contributed by atoms with Gasteiger partial charge in [0.25, 0.3) is 0 Å². The molecule has 0 aliphatic heterocycles. The summed E-state index contributed by atoms with van der Waals surface area (Å²) in [6.07, 6.45) is 2.60. The second-order valence-electron chi connectivity index (χ2n) is 4.05. The molecule has 0 atom stereocenters. The van der Waals surface area contributed by atoms with Crippen LogP contribution in [0.4, 0.5) is 5.69 Å². The first kappa shape index (κ1) is 13.2. The van der Waals surface area contributed by atoms with Crippen LogP contribution in [0.15, 0.2) is 43.5 Å². The summed E-state index contributed by atoms with van der Waals surface area (Å²) >= 11 is 0. The van der Waals surface area contributed by atoms with Crippen LogP contribution in [0.5, 0.6) is 0 Å². The van der Waals surface area contributed by atoms with E-state index in [-0.39, 0.29) is 5.91 Å². The van der Waals surface area contributed by atoms with Crippen molar-refractivity contribution >= 4 is 17.2 Å². The standard InChI is InChI=1S/C15H19NO/c1-5-6-11-16(13(4)17)15-10-8-7-9-14(15)12(2)3/h5,7-10H,1-2,6,11H2,3-4H3. The van der Waals surface area contributed by atoms with Gasteiger partial charge in [-0.25, -0.2) is 0 Å². The van der Waals surface area contributed by atoms with Crippen molar-refractivity contribution in [1.29, 1.82) is 0 Å². The average Bonchev–Trinajstić information content (AvgIpc) is 2.29. The molecule has 1 aromatic carbocycles. The van der Waals surface area contributed by atoms with Crippen molar-refractivity contribution in [3.8, 4) is 0 Å². The zero-order valence-corrected chi connectivity index (χ0v) is 10.6. The van der Waals surface area contributed by atoms with Crippen LogP contribution in [-0.4, -0.2) is 12.5 Å². The lowest BCUT2D eigenvalue weighted by Gasteiger charge is -2.23. The molecule has 0 aromatic heterocycles. The summed E-state index contributed by atoms with van der Waals surface area (Å²) in [7, 11) is 0. The van der Waals surface area contributed by atoms with Gasteiger partial charge in [0.15, 0.2) is 0 Å². The van der Waals surface area contributed by atoms with Gasteiger partial charge in [-0.1, -0.05) is 30.9 Å². The Labute approximate surface area is 103 Å². The maximum Gasteiger partial charge on any atom is 0.223 e. The van der Waals surface area contributed by atoms with E-state index in [0.717, 1.165) is 23.2 Å². The van der Waals surface area contributed by atoms with Crippen molar-refractivity contribution in [2.24, 2.45) is 0 Å². The zero-order valence-electron chi connectivity index (χ0n) is 10.6. The molecule has 0 saturated heterocycles. The van der Waals surface area contributed by atoms with Crippen molar-refractivity contribution in [2.45, 2.75) is 20.3 Å². The van der Waals surface area contributed by atoms with Gasteiger partial charge in [0.1, 0.15) is 0 Å². The number of rotatable bonds is 5. The number of para-hydroxylation sites is 1. The van der Waals surface area contributed by atoms with E-state index >= 15 is 0 Å². The van der Waals surface area contributed by atoms with Gasteiger partial charge < -0.3 is 4.90 Å². The number of amides is 1. The Hall–Kier alpha value is -1.83. The molecular formula is C15H19NO. The molecule has 0 aliphatic rings. The summed E-state index contributed by atoms with van der Waals surface area (Å²) in [6, 6.07) is 7.83. The number of nitrogens with zero attached hydrogens (tertiary/aromatic N) is 1. The fourth-order valence-corrected chi connectivity index (χ4v) is 1.74. The fourth-order valence-electron chi connectivity index (χ4n) is 1.74. The highest BCUT2D eigenvalue weighted by molar-refractivity contribution is 5.94. The van der Waals surface area contributed by atoms with Gasteiger partial charge in [0.05, 0.1) is 5.69 Å². The summed E-state index contributed by atoms with van der Waals surface area (Å²) in [5, 5.41) is 0. The minimum Gasteiger partial charge on any atom is -0.312 e. The van der Waals surface area contributed by atoms with Crippen LogP contribution in [0.1, 0.15) is 25.8 Å². The number of carbonyl (C=O) groups is 1. The third-order valence-electron chi connectivity index (χ3n) is 2.59. The van der Waals surface area contributed by atoms with Crippen LogP contribution >= 0.6 is 0 Å². The molecule has 0 aliphatic carbocycles. The fraction of sp³-hybridized carbons (Fsp3) is 0.267. The molecule has 2 heteroatoms. The van der Waals surface area contributed by atoms with Gasteiger partial charge in [0.2, 0.25) is 5.91 Å². The van der Waals surface area contributed by atoms with Gasteiger partial charge in [-0.15, -0.1) is 6.58 Å². The monoisotopic (exact) mass is 229 g/mol. The van der Waals surface area contributed by atoms with Crippen molar-refractivity contribution in [3.63, 3.8) is 0 Å². The van der Waals surface area contributed by atoms with E-state index < -0.39 is 0 Å². The smallest absolute Gasteiger partial charge is 0.223 e. The zero-order chi connectivity index (χ0) is 12.8. The van der Waals surface area contributed by atoms with Crippen molar-refractivity contribution < 1.29 is 4.79 Å². The Morgan fingerprint density at radius 3 is 2.53 bits per heavy atom. The molecule has 0 spiro atoms. The van der Waals surface area contributed by atoms with Gasteiger partial charge in [0, 0.05) is 19.0 Å². The molecule has 0 heterocycles. The van der Waals surface area contributed by atoms with Gasteiger partial charge in [-0.05, 0) is 25.0 Å². The largest absolute Gasteiger partial charge is 0.312 e. The van der Waals surface area contributed by atoms with E-state index in [9.17, 15) is 4.79 Å². The van der Waals surface area contributed by atoms with E-state index in [0.29, 0.717) is 6.54 Å². The number of hydrogen-bond donors (Lipinski definition) is 0. The van der Waals surface area contributed by atoms with E-state index in [2.05, 4.69) is 13.2 Å². The third kappa shape index (κ3) is 3.31. The lowest BCUT2D eigenvalue weighted by molar-refractivity contribution is -0.116. The Balaban J connectivity index is 3.13. The van der Waals surface area contributed by atoms with Gasteiger partial charge in [-0.3, -0.25) is 4.79 Å². The maximum absolute atomic E-state index is 11.7. The first-order valence-corrected chi connectivity index (χ1v) is 5.71. The first-order valence-electron chi connectivity index (χ1n) is 5.71. The Morgan fingerprint density at radius 2 is 2.00 bits per heavy atom. The topological polar surface area (TPSA) is 20.3 Å². The highest BCUT2D eigenvalue weighted by atomic mass is 16.2. The Kier molecular flexibility index (Phi) is 4.70. The lowest BCUT2D eigenvalue weighted by atomic mass is 10.1. The predicted molar refractivity (Wildman–Crippen MR) is 74.0 cm³/mol. The normalized spacial score (nSPS) is 9.76. The van der Waals surface area contributed by atoms with Crippen molar-refractivity contribution in [3.05, 3.63) is 49.1 Å². The van der Waals surface area contributed by atoms with E-state index in [4.69, 9.17) is 0 Å². The SMILES string of the molecule is C=CCCN(C(C)=O)c1ccccc1C(=C)C. The second-order valence-corrected chi connectivity index (χ2v) is 4.05. The third-order valence-corrected chi connectivity index (χ3v) is 2.59. The Bertz CT molecular complexity index is 434. The van der Waals surface area contributed by atoms with Crippen LogP contribution < -0.4 is 4.90 Å². The molecule has 1 aromatic rings. The molecule has 0 fully saturated rings. The van der Waals surface area contributed by atoms with Crippen molar-refractivity contribution in [1.82, 2.24) is 0 Å². The van der Waals surface area contributed by atoms with Crippen LogP contribution in [0.2, 0.25) is 0 Å². The molecule has 0 radical (unpaired) electrons. The van der Waals surface area contributed by atoms with Crippen LogP contribution in [-0.2, 0) is 4.79 Å². The molecule has 0 saturated carbocycles. The van der Waals surface area contributed by atoms with Gasteiger partial charge >= 0.3 is 0 Å². The van der Waals surface area contributed by atoms with E-state index in [1.54, 1.807) is 11.8 Å². The van der Waals surface area contributed by atoms with Gasteiger partial charge in [-0.2, -0.15) is 0 Å². The molecular weight excluding hydrogens is 210 g/mol. The predicted octanol–water partition coefficient (Wildman–Crippen LogP) is 3.65. The van der Waals surface area contributed by atoms with E-state index in [1.165, 1.54) is 0 Å². The number of anilines is 1. The number of benzene rings is 1. The number of carbonyl (C=O) groups excluding carboxylic acids is 1. The highest BCUT2D eigenvalue weighted by Crippen LogP contribution is 2.26. The minimum absolute atomic E-state index is 0.0422. The first-order chi connectivity index (χ1) is 8.07. The summed E-state index contributed by atoms with van der Waals surface area (Å²) in [4.78, 5) is 13.5. The molecule has 90 valence electrons. The summed E-state index contributed by atoms with van der Waals surface area (Å²) in [5.41, 5.74) is 2.91. The Morgan fingerprint density at radius 1 is 1.35 bits per heavy atom. The van der Waals surface area contributed by atoms with Crippen LogP contribution in [0.25, 0.3) is 5.57 Å². The highest BCUT2D eigenvalue weighted by Gasteiger charge is 2.14. The number of allylic oxidation sites excluding steroid dienone is 1. The quantitative estimate of drug-likeness (QED) is 0.706. The maximum atomic E-state index is 11.7. The summed E-state index contributed by atoms with van der Waals surface area (Å²) in [5.74, 6) is 0.0422. The average molecular weight is 229 g/mol. The molecule has 1 amide bonds. The van der Waals surface area contributed by atoms with E-state index in [1.807, 2.05) is 37.3 Å². The summed E-state index contributed by atoms with van der Waals surface area (Å²) < 4.78 is 0. The summed E-state index contributed by atoms with van der Waals surface area (Å²) in [6.45, 7) is 11.8. The molecule has 2 nitrogen and oxygen atoms in total. The van der Waals surface area contributed by atoms with Crippen LogP contribution in [0, 0.1) is 0 Å². The molecule has 17 heavy (non-hydrogen) atoms.